The van der Waals surface area contributed by atoms with Gasteiger partial charge in [0.1, 0.15) is 5.82 Å². The van der Waals surface area contributed by atoms with Crippen LogP contribution in [0.3, 0.4) is 0 Å². The van der Waals surface area contributed by atoms with Crippen LogP contribution in [0, 0.1) is 23.5 Å². The molecule has 0 amide bonds. The van der Waals surface area contributed by atoms with Crippen LogP contribution in [0.1, 0.15) is 16.8 Å². The Morgan fingerprint density at radius 3 is 2.72 bits per heavy atom. The maximum absolute atomic E-state index is 11.3. The number of nitrogens with zero attached hydrogens (tertiary/aromatic N) is 4. The number of hydrogen-bond acceptors (Lipinski definition) is 5. The summed E-state index contributed by atoms with van der Waals surface area (Å²) in [4.78, 5) is 8.99. The van der Waals surface area contributed by atoms with Gasteiger partial charge in [0.2, 0.25) is 0 Å². The van der Waals surface area contributed by atoms with Crippen molar-refractivity contribution >= 4 is 5.82 Å². The smallest absolute Gasteiger partial charge is 0.183 e. The molecule has 0 saturated carbocycles. The average Bonchev–Trinajstić information content (AvgIpc) is 2.61. The molecule has 1 aromatic carbocycles. The van der Waals surface area contributed by atoms with Crippen LogP contribution in [-0.2, 0) is 6.42 Å². The third-order valence-corrected chi connectivity index (χ3v) is 3.68. The lowest BCUT2D eigenvalue weighted by Crippen LogP contribution is -2.25. The highest BCUT2D eigenvalue weighted by atomic mass is 16.5. The fraction of sp³-hybridized carbons (Fsp3) is 0.158. The van der Waals surface area contributed by atoms with Crippen LogP contribution < -0.4 is 10.0 Å². The molecule has 2 aromatic heterocycles. The van der Waals surface area contributed by atoms with Crippen LogP contribution in [0.15, 0.2) is 54.9 Å². The second kappa shape index (κ2) is 7.41. The molecule has 0 saturated heterocycles. The van der Waals surface area contributed by atoms with Crippen LogP contribution >= 0.6 is 0 Å². The predicted octanol–water partition coefficient (Wildman–Crippen LogP) is 2.61. The Balaban J connectivity index is 1.71. The highest BCUT2D eigenvalue weighted by molar-refractivity contribution is 5.58. The van der Waals surface area contributed by atoms with E-state index in [4.69, 9.17) is 5.26 Å². The zero-order chi connectivity index (χ0) is 17.6. The lowest BCUT2D eigenvalue weighted by molar-refractivity contribution is -0.605. The predicted molar refractivity (Wildman–Crippen MR) is 94.5 cm³/mol. The van der Waals surface area contributed by atoms with Crippen LogP contribution in [0.25, 0.3) is 11.4 Å². The minimum atomic E-state index is 0.605. The maximum Gasteiger partial charge on any atom is 0.183 e. The quantitative estimate of drug-likeness (QED) is 0.573. The normalized spacial score (nSPS) is 10.2. The molecule has 0 aliphatic rings. The fourth-order valence-corrected chi connectivity index (χ4v) is 2.47. The maximum atomic E-state index is 11.3. The van der Waals surface area contributed by atoms with Crippen molar-refractivity contribution in [2.45, 2.75) is 13.3 Å². The van der Waals surface area contributed by atoms with Gasteiger partial charge in [-0.25, -0.2) is 9.97 Å². The Morgan fingerprint density at radius 2 is 2.00 bits per heavy atom. The van der Waals surface area contributed by atoms with E-state index < -0.39 is 0 Å². The molecule has 1 N–H and O–H groups in total. The Morgan fingerprint density at radius 1 is 1.20 bits per heavy atom. The summed E-state index contributed by atoms with van der Waals surface area (Å²) < 4.78 is 0.799. The van der Waals surface area contributed by atoms with Gasteiger partial charge >= 0.3 is 0 Å². The van der Waals surface area contributed by atoms with Crippen LogP contribution in [-0.4, -0.2) is 16.5 Å². The van der Waals surface area contributed by atoms with Crippen molar-refractivity contribution in [2.24, 2.45) is 0 Å². The summed E-state index contributed by atoms with van der Waals surface area (Å²) in [6.07, 6.45) is 3.75. The summed E-state index contributed by atoms with van der Waals surface area (Å²) in [5.41, 5.74) is 3.28. The van der Waals surface area contributed by atoms with Crippen molar-refractivity contribution in [3.05, 3.63) is 76.9 Å². The minimum absolute atomic E-state index is 0.605. The molecular formula is C19H17N5O. The number of hydrogen-bond donors (Lipinski definition) is 1. The van der Waals surface area contributed by atoms with E-state index in [0.717, 1.165) is 33.8 Å². The van der Waals surface area contributed by atoms with E-state index in [1.54, 1.807) is 24.4 Å². The molecule has 0 aliphatic heterocycles. The van der Waals surface area contributed by atoms with Gasteiger partial charge in [0.05, 0.1) is 11.6 Å². The highest BCUT2D eigenvalue weighted by Gasteiger charge is 2.06. The molecule has 0 unspecified atom stereocenters. The molecule has 3 aromatic rings. The van der Waals surface area contributed by atoms with E-state index in [1.165, 1.54) is 6.20 Å². The number of benzene rings is 1. The first-order chi connectivity index (χ1) is 12.1. The Bertz CT molecular complexity index is 916. The molecule has 3 rings (SSSR count). The number of pyridine rings is 1. The summed E-state index contributed by atoms with van der Waals surface area (Å²) in [5.74, 6) is 1.35. The zero-order valence-corrected chi connectivity index (χ0v) is 13.8. The first-order valence-electron chi connectivity index (χ1n) is 7.92. The molecule has 0 aliphatic carbocycles. The number of aryl methyl sites for hydroxylation is 1. The molecule has 6 heteroatoms. The van der Waals surface area contributed by atoms with Crippen molar-refractivity contribution in [1.82, 2.24) is 9.97 Å². The molecule has 0 fully saturated rings. The molecule has 2 heterocycles. The number of nitriles is 1. The van der Waals surface area contributed by atoms with Gasteiger partial charge in [0, 0.05) is 35.5 Å². The standard InChI is InChI=1S/C19H17N5O/c1-14-11-18(21-9-8-16-3-2-10-24(25)13-16)23-19(22-14)17-6-4-15(12-20)5-7-17/h2-7,10-11,13H,8-9H2,1H3,(H,21,22,23). The first kappa shape index (κ1) is 16.4. The van der Waals surface area contributed by atoms with Gasteiger partial charge in [0.25, 0.3) is 0 Å². The van der Waals surface area contributed by atoms with Crippen molar-refractivity contribution < 1.29 is 4.73 Å². The molecule has 25 heavy (non-hydrogen) atoms. The SMILES string of the molecule is Cc1cc(NCCc2ccc[n+]([O-])c2)nc(-c2ccc(C#N)cc2)n1. The Kier molecular flexibility index (Phi) is 4.86. The van der Waals surface area contributed by atoms with Crippen molar-refractivity contribution in [3.63, 3.8) is 0 Å². The molecule has 124 valence electrons. The van der Waals surface area contributed by atoms with E-state index in [0.29, 0.717) is 17.9 Å². The Labute approximate surface area is 146 Å². The molecule has 6 nitrogen and oxygen atoms in total. The van der Waals surface area contributed by atoms with Crippen LogP contribution in [0.5, 0.6) is 0 Å². The van der Waals surface area contributed by atoms with E-state index in [9.17, 15) is 5.21 Å². The third kappa shape index (κ3) is 4.30. The fourth-order valence-electron chi connectivity index (χ4n) is 2.47. The monoisotopic (exact) mass is 331 g/mol. The Hall–Kier alpha value is -3.46. The van der Waals surface area contributed by atoms with Gasteiger partial charge in [-0.2, -0.15) is 9.99 Å². The van der Waals surface area contributed by atoms with E-state index in [2.05, 4.69) is 21.4 Å². The van der Waals surface area contributed by atoms with E-state index in [-0.39, 0.29) is 0 Å². The number of rotatable bonds is 5. The largest absolute Gasteiger partial charge is 0.619 e. The lowest BCUT2D eigenvalue weighted by Gasteiger charge is -2.09. The number of nitrogens with one attached hydrogen (secondary N) is 1. The van der Waals surface area contributed by atoms with Crippen LogP contribution in [0.2, 0.25) is 0 Å². The molecule has 0 spiro atoms. The van der Waals surface area contributed by atoms with Gasteiger partial charge < -0.3 is 10.5 Å². The van der Waals surface area contributed by atoms with Crippen molar-refractivity contribution in [3.8, 4) is 17.5 Å². The highest BCUT2D eigenvalue weighted by Crippen LogP contribution is 2.18. The van der Waals surface area contributed by atoms with Gasteiger partial charge in [-0.3, -0.25) is 0 Å². The third-order valence-electron chi connectivity index (χ3n) is 3.68. The lowest BCUT2D eigenvalue weighted by atomic mass is 10.1. The first-order valence-corrected chi connectivity index (χ1v) is 7.92. The number of anilines is 1. The minimum Gasteiger partial charge on any atom is -0.619 e. The van der Waals surface area contributed by atoms with Crippen molar-refractivity contribution in [1.29, 1.82) is 5.26 Å². The second-order valence-electron chi connectivity index (χ2n) is 5.66. The van der Waals surface area contributed by atoms with Gasteiger partial charge in [0.15, 0.2) is 18.2 Å². The second-order valence-corrected chi connectivity index (χ2v) is 5.66. The topological polar surface area (TPSA) is 88.5 Å². The summed E-state index contributed by atoms with van der Waals surface area (Å²) in [6, 6.07) is 14.8. The van der Waals surface area contributed by atoms with E-state index in [1.807, 2.05) is 31.2 Å². The molecule has 0 radical (unpaired) electrons. The summed E-state index contributed by atoms with van der Waals surface area (Å²) in [6.45, 7) is 2.57. The van der Waals surface area contributed by atoms with Gasteiger partial charge in [-0.1, -0.05) is 0 Å². The van der Waals surface area contributed by atoms with Gasteiger partial charge in [-0.05, 0) is 43.7 Å². The van der Waals surface area contributed by atoms with Crippen molar-refractivity contribution in [2.75, 3.05) is 11.9 Å². The summed E-state index contributed by atoms with van der Waals surface area (Å²) >= 11 is 0. The zero-order valence-electron chi connectivity index (χ0n) is 13.8. The van der Waals surface area contributed by atoms with Gasteiger partial charge in [-0.15, -0.1) is 0 Å². The average molecular weight is 331 g/mol. The van der Waals surface area contributed by atoms with Crippen LogP contribution in [0.4, 0.5) is 5.82 Å². The molecule has 0 atom stereocenters. The molecule has 0 bridgehead atoms. The number of aromatic nitrogens is 3. The summed E-state index contributed by atoms with van der Waals surface area (Å²) in [5, 5.41) is 23.4. The van der Waals surface area contributed by atoms with E-state index >= 15 is 0 Å². The summed E-state index contributed by atoms with van der Waals surface area (Å²) in [7, 11) is 0. The molecular weight excluding hydrogens is 314 g/mol.